The van der Waals surface area contributed by atoms with Gasteiger partial charge in [-0.3, -0.25) is 19.3 Å². The van der Waals surface area contributed by atoms with Gasteiger partial charge in [0.25, 0.3) is 11.1 Å². The molecule has 1 atom stereocenters. The van der Waals surface area contributed by atoms with Crippen LogP contribution in [0.2, 0.25) is 0 Å². The topological polar surface area (TPSA) is 75.7 Å². The fourth-order valence-corrected chi connectivity index (χ4v) is 3.97. The summed E-state index contributed by atoms with van der Waals surface area (Å²) >= 11 is 2.44. The number of imide groups is 1. The van der Waals surface area contributed by atoms with Crippen LogP contribution in [-0.4, -0.2) is 47.8 Å². The predicted octanol–water partition coefficient (Wildman–Crippen LogP) is 2.08. The number of thiophene rings is 1. The second kappa shape index (κ2) is 7.29. The molecule has 1 aromatic heterocycles. The monoisotopic (exact) mass is 352 g/mol. The van der Waals surface area contributed by atoms with Crippen LogP contribution >= 0.6 is 23.1 Å². The van der Waals surface area contributed by atoms with Gasteiger partial charge in [-0.2, -0.15) is 0 Å². The Balaban J connectivity index is 1.53. The third kappa shape index (κ3) is 3.82. The highest BCUT2D eigenvalue weighted by molar-refractivity contribution is 8.18. The summed E-state index contributed by atoms with van der Waals surface area (Å²) in [5.74, 6) is -0.483. The summed E-state index contributed by atoms with van der Waals surface area (Å²) in [5, 5.41) is 4.33. The smallest absolute Gasteiger partial charge is 0.293 e. The van der Waals surface area contributed by atoms with Gasteiger partial charge in [-0.25, -0.2) is 0 Å². The molecular weight excluding hydrogens is 336 g/mol. The lowest BCUT2D eigenvalue weighted by atomic mass is 10.2. The van der Waals surface area contributed by atoms with Crippen molar-refractivity contribution in [2.45, 2.75) is 18.9 Å². The molecule has 0 aliphatic carbocycles. The van der Waals surface area contributed by atoms with Gasteiger partial charge >= 0.3 is 0 Å². The average molecular weight is 352 g/mol. The molecule has 0 saturated carbocycles. The number of thioether (sulfide) groups is 1. The van der Waals surface area contributed by atoms with Gasteiger partial charge < -0.3 is 10.1 Å². The summed E-state index contributed by atoms with van der Waals surface area (Å²) in [7, 11) is 0. The van der Waals surface area contributed by atoms with Crippen molar-refractivity contribution in [1.82, 2.24) is 10.2 Å². The van der Waals surface area contributed by atoms with Gasteiger partial charge in [0.05, 0.1) is 4.91 Å². The third-order valence-corrected chi connectivity index (χ3v) is 5.27. The van der Waals surface area contributed by atoms with E-state index in [1.165, 1.54) is 16.2 Å². The molecule has 3 amide bonds. The molecule has 1 aromatic rings. The maximum Gasteiger partial charge on any atom is 0.293 e. The van der Waals surface area contributed by atoms with Crippen molar-refractivity contribution in [3.63, 3.8) is 0 Å². The van der Waals surface area contributed by atoms with Gasteiger partial charge in [-0.1, -0.05) is 6.07 Å². The summed E-state index contributed by atoms with van der Waals surface area (Å²) < 4.78 is 5.28. The van der Waals surface area contributed by atoms with Crippen LogP contribution in [0.5, 0.6) is 0 Å². The SMILES string of the molecule is O=C(NCCN1C(=O)S/C(=C\c2cccs2)C1=O)C1CCCO1. The zero-order valence-electron chi connectivity index (χ0n) is 12.3. The van der Waals surface area contributed by atoms with Gasteiger partial charge in [0.15, 0.2) is 0 Å². The Kier molecular flexibility index (Phi) is 5.14. The Morgan fingerprint density at radius 3 is 3.04 bits per heavy atom. The summed E-state index contributed by atoms with van der Waals surface area (Å²) in [6.07, 6.45) is 2.93. The normalized spacial score (nSPS) is 23.0. The van der Waals surface area contributed by atoms with Gasteiger partial charge in [-0.05, 0) is 42.1 Å². The number of amides is 3. The first kappa shape index (κ1) is 16.2. The molecule has 0 radical (unpaired) electrons. The van der Waals surface area contributed by atoms with Crippen LogP contribution in [0.15, 0.2) is 22.4 Å². The van der Waals surface area contributed by atoms with Crippen LogP contribution in [0.4, 0.5) is 4.79 Å². The van der Waals surface area contributed by atoms with Gasteiger partial charge in [0.2, 0.25) is 5.91 Å². The first-order chi connectivity index (χ1) is 11.1. The van der Waals surface area contributed by atoms with E-state index in [0.29, 0.717) is 11.5 Å². The van der Waals surface area contributed by atoms with Crippen molar-refractivity contribution < 1.29 is 19.1 Å². The van der Waals surface area contributed by atoms with Crippen molar-refractivity contribution in [2.75, 3.05) is 19.7 Å². The Morgan fingerprint density at radius 2 is 2.35 bits per heavy atom. The highest BCUT2D eigenvalue weighted by Crippen LogP contribution is 2.32. The Morgan fingerprint density at radius 1 is 1.48 bits per heavy atom. The number of hydrogen-bond acceptors (Lipinski definition) is 6. The van der Waals surface area contributed by atoms with Crippen LogP contribution in [0.1, 0.15) is 17.7 Å². The highest BCUT2D eigenvalue weighted by Gasteiger charge is 2.35. The zero-order valence-corrected chi connectivity index (χ0v) is 14.0. The largest absolute Gasteiger partial charge is 0.368 e. The molecule has 2 aliphatic rings. The number of carbonyl (C=O) groups is 3. The second-order valence-electron chi connectivity index (χ2n) is 5.14. The maximum atomic E-state index is 12.3. The summed E-state index contributed by atoms with van der Waals surface area (Å²) in [4.78, 5) is 38.5. The molecule has 23 heavy (non-hydrogen) atoms. The molecule has 122 valence electrons. The zero-order chi connectivity index (χ0) is 16.2. The van der Waals surface area contributed by atoms with E-state index in [0.717, 1.165) is 29.5 Å². The van der Waals surface area contributed by atoms with E-state index in [1.807, 2.05) is 17.5 Å². The molecule has 6 nitrogen and oxygen atoms in total. The molecule has 0 aromatic carbocycles. The quantitative estimate of drug-likeness (QED) is 0.821. The predicted molar refractivity (Wildman–Crippen MR) is 89.0 cm³/mol. The van der Waals surface area contributed by atoms with E-state index in [9.17, 15) is 14.4 Å². The Bertz CT molecular complexity index is 636. The molecule has 1 unspecified atom stereocenters. The van der Waals surface area contributed by atoms with Gasteiger partial charge in [-0.15, -0.1) is 11.3 Å². The average Bonchev–Trinajstić information content (AvgIpc) is 3.26. The number of nitrogens with one attached hydrogen (secondary N) is 1. The first-order valence-electron chi connectivity index (χ1n) is 7.33. The van der Waals surface area contributed by atoms with E-state index in [-0.39, 0.29) is 30.1 Å². The van der Waals surface area contributed by atoms with Gasteiger partial charge in [0.1, 0.15) is 6.10 Å². The molecule has 8 heteroatoms. The number of rotatable bonds is 5. The Hall–Kier alpha value is -1.64. The van der Waals surface area contributed by atoms with E-state index in [1.54, 1.807) is 6.08 Å². The standard InChI is InChI=1S/C15H16N2O4S2/c18-13(11-4-1-7-21-11)16-5-6-17-14(19)12(23-15(17)20)9-10-3-2-8-22-10/h2-3,8-9,11H,1,4-7H2,(H,16,18)/b12-9-. The molecule has 2 fully saturated rings. The number of carbonyl (C=O) groups excluding carboxylic acids is 3. The van der Waals surface area contributed by atoms with Crippen LogP contribution < -0.4 is 5.32 Å². The lowest BCUT2D eigenvalue weighted by Crippen LogP contribution is -2.40. The fraction of sp³-hybridized carbons (Fsp3) is 0.400. The minimum Gasteiger partial charge on any atom is -0.368 e. The van der Waals surface area contributed by atoms with E-state index < -0.39 is 6.10 Å². The molecular formula is C15H16N2O4S2. The molecule has 2 saturated heterocycles. The van der Waals surface area contributed by atoms with Crippen molar-refractivity contribution in [3.8, 4) is 0 Å². The number of hydrogen-bond donors (Lipinski definition) is 1. The molecule has 3 heterocycles. The Labute approximate surface area is 141 Å². The van der Waals surface area contributed by atoms with E-state index >= 15 is 0 Å². The van der Waals surface area contributed by atoms with Crippen molar-refractivity contribution in [3.05, 3.63) is 27.3 Å². The first-order valence-corrected chi connectivity index (χ1v) is 9.03. The summed E-state index contributed by atoms with van der Waals surface area (Å²) in [6.45, 7) is 1.02. The molecule has 0 bridgehead atoms. The minimum atomic E-state index is -0.399. The highest BCUT2D eigenvalue weighted by atomic mass is 32.2. The molecule has 2 aliphatic heterocycles. The second-order valence-corrected chi connectivity index (χ2v) is 7.11. The van der Waals surface area contributed by atoms with Crippen LogP contribution in [-0.2, 0) is 14.3 Å². The van der Waals surface area contributed by atoms with Gasteiger partial charge in [0, 0.05) is 24.6 Å². The number of nitrogens with zero attached hydrogens (tertiary/aromatic N) is 1. The minimum absolute atomic E-state index is 0.172. The van der Waals surface area contributed by atoms with Crippen LogP contribution in [0, 0.1) is 0 Å². The number of ether oxygens (including phenoxy) is 1. The maximum absolute atomic E-state index is 12.3. The van der Waals surface area contributed by atoms with E-state index in [2.05, 4.69) is 5.32 Å². The van der Waals surface area contributed by atoms with Crippen molar-refractivity contribution in [1.29, 1.82) is 0 Å². The van der Waals surface area contributed by atoms with Crippen molar-refractivity contribution in [2.24, 2.45) is 0 Å². The molecule has 1 N–H and O–H groups in total. The van der Waals surface area contributed by atoms with Crippen LogP contribution in [0.3, 0.4) is 0 Å². The molecule has 0 spiro atoms. The lowest BCUT2D eigenvalue weighted by molar-refractivity contribution is -0.130. The van der Waals surface area contributed by atoms with Crippen LogP contribution in [0.25, 0.3) is 6.08 Å². The third-order valence-electron chi connectivity index (χ3n) is 3.55. The lowest BCUT2D eigenvalue weighted by Gasteiger charge is -2.14. The summed E-state index contributed by atoms with van der Waals surface area (Å²) in [6, 6.07) is 3.78. The summed E-state index contributed by atoms with van der Waals surface area (Å²) in [5.41, 5.74) is 0. The molecule has 3 rings (SSSR count). The fourth-order valence-electron chi connectivity index (χ4n) is 2.38. The van der Waals surface area contributed by atoms with Crippen molar-refractivity contribution >= 4 is 46.2 Å². The van der Waals surface area contributed by atoms with E-state index in [4.69, 9.17) is 4.74 Å².